The smallest absolute Gasteiger partial charge is 0.271 e. The van der Waals surface area contributed by atoms with Crippen molar-refractivity contribution in [1.29, 1.82) is 0 Å². The van der Waals surface area contributed by atoms with Crippen molar-refractivity contribution in [3.63, 3.8) is 0 Å². The van der Waals surface area contributed by atoms with Crippen LogP contribution in [-0.4, -0.2) is 38.6 Å². The van der Waals surface area contributed by atoms with Gasteiger partial charge in [0.25, 0.3) is 11.8 Å². The minimum absolute atomic E-state index is 0.552. The van der Waals surface area contributed by atoms with Crippen LogP contribution < -0.4 is 5.32 Å². The summed E-state index contributed by atoms with van der Waals surface area (Å²) in [6.45, 7) is 0. The average molecular weight is 379 g/mol. The van der Waals surface area contributed by atoms with Crippen molar-refractivity contribution >= 4 is 31.5 Å². The summed E-state index contributed by atoms with van der Waals surface area (Å²) in [6, 6.07) is 7.76. The number of aromatic nitrogens is 2. The van der Waals surface area contributed by atoms with Gasteiger partial charge < -0.3 is 0 Å². The highest BCUT2D eigenvalue weighted by Crippen LogP contribution is 2.30. The number of carbonyl (C=O) groups is 2. The highest BCUT2D eigenvalue weighted by atomic mass is 32.2. The van der Waals surface area contributed by atoms with E-state index in [1.807, 2.05) is 0 Å². The number of carbonyl (C=O) groups excluding carboxylic acids is 2. The number of imide groups is 1. The summed E-state index contributed by atoms with van der Waals surface area (Å²) in [5, 5.41) is 0.598. The molecule has 0 atom stereocenters. The van der Waals surface area contributed by atoms with Crippen LogP contribution in [0.25, 0.3) is 0 Å². The first-order chi connectivity index (χ1) is 11.8. The molecule has 1 N–H and O–H groups in total. The van der Waals surface area contributed by atoms with Crippen LogP contribution in [-0.2, 0) is 29.3 Å². The van der Waals surface area contributed by atoms with Crippen LogP contribution in [0.2, 0.25) is 0 Å². The summed E-state index contributed by atoms with van der Waals surface area (Å²) < 4.78 is 50.6. The second kappa shape index (κ2) is 5.86. The Labute approximate surface area is 142 Å². The van der Waals surface area contributed by atoms with Gasteiger partial charge >= 0.3 is 0 Å². The predicted molar refractivity (Wildman–Crippen MR) is 83.0 cm³/mol. The van der Waals surface area contributed by atoms with Crippen molar-refractivity contribution in [2.24, 2.45) is 0 Å². The molecule has 0 bridgehead atoms. The zero-order valence-corrected chi connectivity index (χ0v) is 13.9. The van der Waals surface area contributed by atoms with Gasteiger partial charge in [0.05, 0.1) is 0 Å². The van der Waals surface area contributed by atoms with Crippen molar-refractivity contribution in [2.75, 3.05) is 0 Å². The lowest BCUT2D eigenvalue weighted by atomic mass is 10.5. The molecule has 128 valence electrons. The average Bonchev–Trinajstić information content (AvgIpc) is 2.92. The molecule has 11 heteroatoms. The van der Waals surface area contributed by atoms with Crippen molar-refractivity contribution in [3.8, 4) is 0 Å². The Bertz CT molecular complexity index is 1020. The maximum absolute atomic E-state index is 12.7. The molecule has 0 aliphatic carbocycles. The Balaban J connectivity index is 2.32. The molecule has 1 aliphatic heterocycles. The van der Waals surface area contributed by atoms with Crippen LogP contribution in [0.15, 0.2) is 68.7 Å². The van der Waals surface area contributed by atoms with Crippen LogP contribution in [0.1, 0.15) is 0 Å². The van der Waals surface area contributed by atoms with Crippen LogP contribution in [0, 0.1) is 0 Å². The third-order valence-corrected chi connectivity index (χ3v) is 6.78. The molecule has 0 aromatic carbocycles. The molecule has 1 aliphatic rings. The Morgan fingerprint density at radius 3 is 1.40 bits per heavy atom. The number of sulfone groups is 2. The summed E-state index contributed by atoms with van der Waals surface area (Å²) in [7, 11) is -9.26. The zero-order chi connectivity index (χ0) is 18.2. The molecule has 9 nitrogen and oxygen atoms in total. The van der Waals surface area contributed by atoms with Crippen LogP contribution in [0.5, 0.6) is 0 Å². The van der Waals surface area contributed by atoms with Gasteiger partial charge in [-0.3, -0.25) is 14.9 Å². The van der Waals surface area contributed by atoms with Gasteiger partial charge in [-0.1, -0.05) is 12.1 Å². The number of nitrogens with zero attached hydrogens (tertiary/aromatic N) is 2. The van der Waals surface area contributed by atoms with Crippen LogP contribution >= 0.6 is 0 Å². The molecule has 2 aromatic heterocycles. The normalized spacial score (nSPS) is 15.4. The van der Waals surface area contributed by atoms with Crippen LogP contribution in [0.4, 0.5) is 0 Å². The van der Waals surface area contributed by atoms with E-state index in [1.54, 1.807) is 5.32 Å². The molecule has 2 amide bonds. The Morgan fingerprint density at radius 1 is 0.680 bits per heavy atom. The van der Waals surface area contributed by atoms with Gasteiger partial charge in [-0.05, 0) is 24.3 Å². The van der Waals surface area contributed by atoms with Crippen molar-refractivity contribution < 1.29 is 26.4 Å². The summed E-state index contributed by atoms with van der Waals surface area (Å²) in [6.07, 6.45) is 2.32. The highest BCUT2D eigenvalue weighted by Gasteiger charge is 2.46. The van der Waals surface area contributed by atoms with Crippen LogP contribution in [0.3, 0.4) is 0 Å². The second-order valence-electron chi connectivity index (χ2n) is 4.78. The van der Waals surface area contributed by atoms with E-state index in [0.717, 1.165) is 24.5 Å². The van der Waals surface area contributed by atoms with Gasteiger partial charge in [0, 0.05) is 12.4 Å². The first-order valence-corrected chi connectivity index (χ1v) is 9.65. The number of rotatable bonds is 4. The summed E-state index contributed by atoms with van der Waals surface area (Å²) in [4.78, 5) is 28.9. The molecule has 0 saturated heterocycles. The van der Waals surface area contributed by atoms with Crippen molar-refractivity contribution in [3.05, 3.63) is 58.6 Å². The Hall–Kier alpha value is -2.92. The molecular weight excluding hydrogens is 370 g/mol. The fraction of sp³-hybridized carbons (Fsp3) is 0. The largest absolute Gasteiger partial charge is 0.287 e. The molecule has 2 aromatic rings. The fourth-order valence-corrected chi connectivity index (χ4v) is 5.39. The van der Waals surface area contributed by atoms with Crippen molar-refractivity contribution in [2.45, 2.75) is 10.1 Å². The van der Waals surface area contributed by atoms with E-state index >= 15 is 0 Å². The van der Waals surface area contributed by atoms with Crippen molar-refractivity contribution in [1.82, 2.24) is 15.3 Å². The third-order valence-electron chi connectivity index (χ3n) is 3.21. The molecule has 0 fully saturated rings. The van der Waals surface area contributed by atoms with E-state index in [2.05, 4.69) is 9.97 Å². The number of amides is 2. The maximum atomic E-state index is 12.7. The van der Waals surface area contributed by atoms with E-state index in [1.165, 1.54) is 24.3 Å². The number of nitrogens with one attached hydrogen (secondary N) is 1. The monoisotopic (exact) mass is 379 g/mol. The summed E-state index contributed by atoms with van der Waals surface area (Å²) in [5.41, 5.74) is 0. The van der Waals surface area contributed by atoms with E-state index in [9.17, 15) is 26.4 Å². The number of hydrogen-bond acceptors (Lipinski definition) is 8. The van der Waals surface area contributed by atoms with Gasteiger partial charge in [-0.2, -0.15) is 0 Å². The molecule has 3 rings (SSSR count). The molecule has 3 heterocycles. The summed E-state index contributed by atoms with van der Waals surface area (Å²) in [5.74, 6) is -2.66. The second-order valence-corrected chi connectivity index (χ2v) is 8.45. The van der Waals surface area contributed by atoms with E-state index in [0.29, 0.717) is 0 Å². The Kier molecular flexibility index (Phi) is 3.97. The lowest BCUT2D eigenvalue weighted by Crippen LogP contribution is -2.25. The lowest BCUT2D eigenvalue weighted by Gasteiger charge is -2.06. The molecule has 0 spiro atoms. The van der Waals surface area contributed by atoms with Gasteiger partial charge in [-0.25, -0.2) is 26.8 Å². The predicted octanol–water partition coefficient (Wildman–Crippen LogP) is -0.408. The molecular formula is C14H9N3O6S2. The molecule has 25 heavy (non-hydrogen) atoms. The molecule has 0 radical (unpaired) electrons. The molecule has 0 saturated carbocycles. The number of pyridine rings is 2. The number of hydrogen-bond donors (Lipinski definition) is 1. The minimum atomic E-state index is -4.63. The Morgan fingerprint density at radius 2 is 1.08 bits per heavy atom. The first kappa shape index (κ1) is 16.9. The SMILES string of the molecule is O=C1NC(=O)C(S(=O)(=O)c2ccccn2)=C1S(=O)(=O)c1ccccn1. The first-order valence-electron chi connectivity index (χ1n) is 6.68. The molecule has 0 unspecified atom stereocenters. The lowest BCUT2D eigenvalue weighted by molar-refractivity contribution is -0.123. The van der Waals surface area contributed by atoms with E-state index < -0.39 is 51.4 Å². The van der Waals surface area contributed by atoms with E-state index in [4.69, 9.17) is 0 Å². The minimum Gasteiger partial charge on any atom is -0.287 e. The van der Waals surface area contributed by atoms with Gasteiger partial charge in [-0.15, -0.1) is 0 Å². The van der Waals surface area contributed by atoms with Gasteiger partial charge in [0.2, 0.25) is 19.7 Å². The highest BCUT2D eigenvalue weighted by molar-refractivity contribution is 8.00. The van der Waals surface area contributed by atoms with Gasteiger partial charge in [0.15, 0.2) is 19.9 Å². The third kappa shape index (κ3) is 2.72. The quantitative estimate of drug-likeness (QED) is 0.707. The van der Waals surface area contributed by atoms with Gasteiger partial charge in [0.1, 0.15) is 0 Å². The summed E-state index contributed by atoms with van der Waals surface area (Å²) >= 11 is 0. The maximum Gasteiger partial charge on any atom is 0.271 e. The zero-order valence-electron chi connectivity index (χ0n) is 12.3. The standard InChI is InChI=1S/C14H9N3O6S2/c18-13-11(24(20,21)9-5-1-3-7-15-9)12(14(19)17-13)25(22,23)10-6-2-4-8-16-10/h1-8H,(H,17,18,19). The fourth-order valence-electron chi connectivity index (χ4n) is 2.13. The topological polar surface area (TPSA) is 140 Å². The van der Waals surface area contributed by atoms with E-state index in [-0.39, 0.29) is 0 Å².